The summed E-state index contributed by atoms with van der Waals surface area (Å²) in [6, 6.07) is 14.0. The molecule has 3 aromatic carbocycles. The summed E-state index contributed by atoms with van der Waals surface area (Å²) in [6.45, 7) is 3.65. The van der Waals surface area contributed by atoms with Gasteiger partial charge in [0.1, 0.15) is 17.3 Å². The molecule has 2 spiro atoms. The Morgan fingerprint density at radius 1 is 0.923 bits per heavy atom. The van der Waals surface area contributed by atoms with Crippen molar-refractivity contribution in [3.05, 3.63) is 97.6 Å². The van der Waals surface area contributed by atoms with Gasteiger partial charge in [-0.3, -0.25) is 38.9 Å². The summed E-state index contributed by atoms with van der Waals surface area (Å²) in [4.78, 5) is 69.4. The number of hydrogen-bond acceptors (Lipinski definition) is 8. The summed E-state index contributed by atoms with van der Waals surface area (Å²) in [6.07, 6.45) is 6.85. The number of anilines is 1. The van der Waals surface area contributed by atoms with Gasteiger partial charge in [-0.25, -0.2) is 9.18 Å². The number of hydrogen-bond donors (Lipinski definition) is 4. The van der Waals surface area contributed by atoms with Crippen LogP contribution in [0.3, 0.4) is 0 Å². The summed E-state index contributed by atoms with van der Waals surface area (Å²) in [5.41, 5.74) is 1.05. The third-order valence-electron chi connectivity index (χ3n) is 15.3. The van der Waals surface area contributed by atoms with Crippen LogP contribution < -0.4 is 27.0 Å². The molecule has 4 amide bonds. The quantitative estimate of drug-likeness (QED) is 0.142. The second-order valence-electron chi connectivity index (χ2n) is 18.8. The average Bonchev–Trinajstić information content (AvgIpc) is 3.85. The first-order valence-corrected chi connectivity index (χ1v) is 23.6. The van der Waals surface area contributed by atoms with Crippen LogP contribution in [0.4, 0.5) is 10.1 Å². The van der Waals surface area contributed by atoms with Crippen LogP contribution in [0.1, 0.15) is 92.9 Å². The lowest BCUT2D eigenvalue weighted by molar-refractivity contribution is -0.136. The SMILES string of the molecule is Cn1c(=O)n(C2CCC(=O)NC2=O)c2ccc(C#CC3CCN(C[C@H]4CC[C@H](NC(=O)[C@@H]5NC6(CCOCC6)[C@@]6(C(=O)Nc7cc(Cl)ccc76)[C@H]5c5cccc(Cl)c5F)CC4)CC3)cc21. The van der Waals surface area contributed by atoms with E-state index in [-0.39, 0.29) is 58.8 Å². The molecule has 4 saturated heterocycles. The Labute approximate surface area is 386 Å². The molecule has 4 atom stereocenters. The van der Waals surface area contributed by atoms with E-state index in [4.69, 9.17) is 27.9 Å². The second-order valence-corrected chi connectivity index (χ2v) is 19.7. The van der Waals surface area contributed by atoms with E-state index in [9.17, 15) is 24.0 Å². The van der Waals surface area contributed by atoms with Crippen molar-refractivity contribution >= 4 is 63.6 Å². The Kier molecular flexibility index (Phi) is 11.7. The van der Waals surface area contributed by atoms with Crippen LogP contribution in [-0.2, 0) is 36.4 Å². The monoisotopic (exact) mass is 923 g/mol. The topological polar surface area (TPSA) is 156 Å². The number of imidazole rings is 1. The van der Waals surface area contributed by atoms with E-state index in [0.717, 1.165) is 63.7 Å². The number of carbonyl (C=O) groups is 4. The fourth-order valence-electron chi connectivity index (χ4n) is 12.0. The van der Waals surface area contributed by atoms with Crippen molar-refractivity contribution in [2.45, 2.75) is 99.2 Å². The van der Waals surface area contributed by atoms with Crippen LogP contribution in [0, 0.1) is 29.5 Å². The Morgan fingerprint density at radius 2 is 1.69 bits per heavy atom. The highest BCUT2D eigenvalue weighted by molar-refractivity contribution is 6.31. The fourth-order valence-corrected chi connectivity index (χ4v) is 12.4. The number of fused-ring (bicyclic) bond motifs is 4. The van der Waals surface area contributed by atoms with Gasteiger partial charge in [0.25, 0.3) is 0 Å². The third-order valence-corrected chi connectivity index (χ3v) is 15.8. The van der Waals surface area contributed by atoms with Crippen molar-refractivity contribution in [2.75, 3.05) is 38.2 Å². The van der Waals surface area contributed by atoms with Gasteiger partial charge >= 0.3 is 5.69 Å². The molecule has 0 bridgehead atoms. The standard InChI is InChI=1S/C49H52Cl2FN7O6/c1-57-39-25-29(9-14-37(39)59(47(57)64)38-15-16-40(60)55-44(38)61)6-5-28-17-21-58(22-18-28)27-30-7-11-32(12-8-30)53-45(62)43-41(33-3-2-4-35(51)42(33)52)49(48(56-43)19-23-65-24-20-48)34-13-10-31(50)26-36(34)54-46(49)63/h2-4,9-10,13-14,25-26,28,30,32,38,41,43,56H,7-8,11-12,15-24,27H2,1H3,(H,53,62)(H,54,63)(H,55,60,61)/t30-,32-,38?,41-,43+,49+/m0/s1. The maximum atomic E-state index is 16.3. The van der Waals surface area contributed by atoms with Crippen molar-refractivity contribution in [2.24, 2.45) is 18.9 Å². The van der Waals surface area contributed by atoms with E-state index in [0.29, 0.717) is 59.3 Å². The molecule has 5 fully saturated rings. The van der Waals surface area contributed by atoms with Crippen LogP contribution in [-0.4, -0.2) is 88.1 Å². The smallest absolute Gasteiger partial charge is 0.329 e. The van der Waals surface area contributed by atoms with Gasteiger partial charge in [-0.15, -0.1) is 0 Å². The molecule has 340 valence electrons. The molecule has 0 radical (unpaired) electrons. The first-order chi connectivity index (χ1) is 31.4. The zero-order valence-electron chi connectivity index (χ0n) is 36.2. The molecule has 13 nitrogen and oxygen atoms in total. The third kappa shape index (κ3) is 7.57. The highest BCUT2D eigenvalue weighted by atomic mass is 35.5. The van der Waals surface area contributed by atoms with Crippen molar-refractivity contribution < 1.29 is 28.3 Å². The normalized spacial score (nSPS) is 27.9. The Balaban J connectivity index is 0.777. The average molecular weight is 925 g/mol. The molecule has 16 heteroatoms. The number of imide groups is 1. The lowest BCUT2D eigenvalue weighted by Gasteiger charge is -2.46. The molecule has 10 rings (SSSR count). The number of benzene rings is 3. The molecule has 4 aromatic rings. The predicted octanol–water partition coefficient (Wildman–Crippen LogP) is 5.70. The lowest BCUT2D eigenvalue weighted by atomic mass is 9.57. The van der Waals surface area contributed by atoms with Gasteiger partial charge in [-0.1, -0.05) is 53.2 Å². The van der Waals surface area contributed by atoms with Crippen LogP contribution in [0.5, 0.6) is 0 Å². The largest absolute Gasteiger partial charge is 0.381 e. The number of amides is 4. The highest BCUT2D eigenvalue weighted by Crippen LogP contribution is 2.62. The van der Waals surface area contributed by atoms with Crippen molar-refractivity contribution in [3.8, 4) is 11.8 Å². The maximum Gasteiger partial charge on any atom is 0.329 e. The van der Waals surface area contributed by atoms with Gasteiger partial charge in [0.2, 0.25) is 23.6 Å². The van der Waals surface area contributed by atoms with Crippen LogP contribution in [0.15, 0.2) is 59.4 Å². The van der Waals surface area contributed by atoms with Crippen LogP contribution in [0.25, 0.3) is 11.0 Å². The summed E-state index contributed by atoms with van der Waals surface area (Å²) < 4.78 is 25.1. The number of nitrogens with one attached hydrogen (secondary N) is 4. The summed E-state index contributed by atoms with van der Waals surface area (Å²) >= 11 is 12.8. The number of aromatic nitrogens is 2. The minimum absolute atomic E-state index is 0.0604. The van der Waals surface area contributed by atoms with Gasteiger partial charge in [-0.05, 0) is 124 Å². The summed E-state index contributed by atoms with van der Waals surface area (Å²) in [7, 11) is 1.68. The van der Waals surface area contributed by atoms with Gasteiger partial charge in [0.15, 0.2) is 0 Å². The molecule has 1 aliphatic carbocycles. The van der Waals surface area contributed by atoms with Gasteiger partial charge < -0.3 is 20.3 Å². The minimum Gasteiger partial charge on any atom is -0.381 e. The van der Waals surface area contributed by atoms with Gasteiger partial charge in [-0.2, -0.15) is 0 Å². The number of halogens is 3. The number of ether oxygens (including phenoxy) is 1. The molecule has 4 N–H and O–H groups in total. The number of piperidine rings is 2. The first kappa shape index (κ1) is 43.8. The second kappa shape index (κ2) is 17.3. The van der Waals surface area contributed by atoms with E-state index in [2.05, 4.69) is 38.0 Å². The number of nitrogens with zero attached hydrogens (tertiary/aromatic N) is 3. The van der Waals surface area contributed by atoms with Gasteiger partial charge in [0, 0.05) is 72.9 Å². The number of aryl methyl sites for hydroxylation is 1. The summed E-state index contributed by atoms with van der Waals surface area (Å²) in [5.74, 6) is 4.67. The first-order valence-electron chi connectivity index (χ1n) is 22.9. The highest BCUT2D eigenvalue weighted by Gasteiger charge is 2.72. The van der Waals surface area contributed by atoms with E-state index in [1.165, 1.54) is 15.2 Å². The maximum absolute atomic E-state index is 16.3. The molecular formula is C49H52Cl2FN7O6. The van der Waals surface area contributed by atoms with Crippen LogP contribution in [0.2, 0.25) is 10.0 Å². The Hall–Kier alpha value is -5.04. The number of likely N-dealkylation sites (tertiary alicyclic amines) is 1. The molecule has 65 heavy (non-hydrogen) atoms. The van der Waals surface area contributed by atoms with Crippen molar-refractivity contribution in [3.63, 3.8) is 0 Å². The zero-order valence-corrected chi connectivity index (χ0v) is 37.7. The van der Waals surface area contributed by atoms with Crippen molar-refractivity contribution in [1.29, 1.82) is 0 Å². The van der Waals surface area contributed by atoms with E-state index in [1.54, 1.807) is 31.3 Å². The molecule has 6 heterocycles. The van der Waals surface area contributed by atoms with E-state index < -0.39 is 40.7 Å². The molecule has 1 saturated carbocycles. The lowest BCUT2D eigenvalue weighted by Crippen LogP contribution is -2.62. The molecule has 1 aromatic heterocycles. The Bertz CT molecular complexity index is 2720. The molecular weight excluding hydrogens is 872 g/mol. The summed E-state index contributed by atoms with van der Waals surface area (Å²) in [5, 5.41) is 12.8. The fraction of sp³-hybridized carbons (Fsp3) is 0.490. The zero-order chi connectivity index (χ0) is 45.2. The Morgan fingerprint density at radius 3 is 2.45 bits per heavy atom. The number of rotatable bonds is 6. The van der Waals surface area contributed by atoms with E-state index in [1.807, 2.05) is 24.3 Å². The molecule has 5 aliphatic heterocycles. The number of carbonyl (C=O) groups excluding carboxylic acids is 4. The van der Waals surface area contributed by atoms with Crippen LogP contribution >= 0.6 is 23.2 Å². The predicted molar refractivity (Wildman–Crippen MR) is 244 cm³/mol. The minimum atomic E-state index is -1.34. The van der Waals surface area contributed by atoms with Crippen molar-refractivity contribution in [1.82, 2.24) is 30.0 Å². The van der Waals surface area contributed by atoms with E-state index >= 15 is 4.39 Å². The molecule has 6 aliphatic rings. The molecule has 1 unspecified atom stereocenters. The van der Waals surface area contributed by atoms with Gasteiger partial charge in [0.05, 0.1) is 22.1 Å².